The normalized spacial score (nSPS) is 24.3. The average Bonchev–Trinajstić information content (AvgIpc) is 2.42. The number of hydrogen-bond acceptors (Lipinski definition) is 1. The molecule has 0 spiro atoms. The lowest BCUT2D eigenvalue weighted by Crippen LogP contribution is -2.23. The lowest BCUT2D eigenvalue weighted by atomic mass is 9.82. The van der Waals surface area contributed by atoms with Gasteiger partial charge in [0.2, 0.25) is 0 Å². The standard InChI is InChI=1S/C14H18O/c1-4-7-14(3)9-11-6-5-10(2)8-12(11)13(14)15/h5-6,8H,4,7,9H2,1-3H3. The van der Waals surface area contributed by atoms with Gasteiger partial charge in [0.15, 0.2) is 5.78 Å². The lowest BCUT2D eigenvalue weighted by molar-refractivity contribution is 0.0829. The van der Waals surface area contributed by atoms with Crippen molar-refractivity contribution >= 4 is 5.78 Å². The van der Waals surface area contributed by atoms with E-state index in [0.717, 1.165) is 24.8 Å². The maximum absolute atomic E-state index is 12.3. The zero-order valence-corrected chi connectivity index (χ0v) is 9.76. The molecule has 1 aromatic carbocycles. The Bertz CT molecular complexity index is 406. The van der Waals surface area contributed by atoms with Gasteiger partial charge in [-0.2, -0.15) is 0 Å². The molecule has 0 bridgehead atoms. The molecule has 1 atom stereocenters. The van der Waals surface area contributed by atoms with E-state index in [4.69, 9.17) is 0 Å². The first kappa shape index (κ1) is 10.4. The van der Waals surface area contributed by atoms with Crippen molar-refractivity contribution in [3.63, 3.8) is 0 Å². The van der Waals surface area contributed by atoms with Crippen LogP contribution in [0.15, 0.2) is 18.2 Å². The van der Waals surface area contributed by atoms with Crippen LogP contribution in [0, 0.1) is 12.3 Å². The summed E-state index contributed by atoms with van der Waals surface area (Å²) in [6.07, 6.45) is 3.00. The second-order valence-corrected chi connectivity index (χ2v) is 4.98. The Hall–Kier alpha value is -1.11. The molecule has 15 heavy (non-hydrogen) atoms. The van der Waals surface area contributed by atoms with Gasteiger partial charge in [0.05, 0.1) is 0 Å². The van der Waals surface area contributed by atoms with Gasteiger partial charge in [-0.15, -0.1) is 0 Å². The van der Waals surface area contributed by atoms with E-state index in [-0.39, 0.29) is 5.41 Å². The largest absolute Gasteiger partial charge is 0.294 e. The highest BCUT2D eigenvalue weighted by molar-refractivity contribution is 6.04. The third kappa shape index (κ3) is 1.60. The molecular formula is C14H18O. The quantitative estimate of drug-likeness (QED) is 0.717. The van der Waals surface area contributed by atoms with Crippen molar-refractivity contribution < 1.29 is 4.79 Å². The number of benzene rings is 1. The van der Waals surface area contributed by atoms with Crippen molar-refractivity contribution in [3.8, 4) is 0 Å². The molecule has 1 aliphatic rings. The molecule has 0 aromatic heterocycles. The summed E-state index contributed by atoms with van der Waals surface area (Å²) < 4.78 is 0. The molecule has 1 nitrogen and oxygen atoms in total. The van der Waals surface area contributed by atoms with E-state index in [1.165, 1.54) is 11.1 Å². The maximum atomic E-state index is 12.3. The summed E-state index contributed by atoms with van der Waals surface area (Å²) in [5, 5.41) is 0. The second-order valence-electron chi connectivity index (χ2n) is 4.98. The summed E-state index contributed by atoms with van der Waals surface area (Å²) in [5.74, 6) is 0.350. The summed E-state index contributed by atoms with van der Waals surface area (Å²) in [6, 6.07) is 6.26. The van der Waals surface area contributed by atoms with Crippen LogP contribution in [0.25, 0.3) is 0 Å². The van der Waals surface area contributed by atoms with Gasteiger partial charge in [0.25, 0.3) is 0 Å². The minimum Gasteiger partial charge on any atom is -0.294 e. The fourth-order valence-corrected chi connectivity index (χ4v) is 2.64. The first-order valence-electron chi connectivity index (χ1n) is 5.71. The molecule has 1 unspecified atom stereocenters. The summed E-state index contributed by atoms with van der Waals surface area (Å²) in [5.41, 5.74) is 3.25. The summed E-state index contributed by atoms with van der Waals surface area (Å²) in [4.78, 5) is 12.3. The molecule has 0 N–H and O–H groups in total. The molecule has 1 aliphatic carbocycles. The Morgan fingerprint density at radius 2 is 2.13 bits per heavy atom. The molecule has 0 saturated carbocycles. The highest BCUT2D eigenvalue weighted by atomic mass is 16.1. The zero-order chi connectivity index (χ0) is 11.1. The number of rotatable bonds is 2. The van der Waals surface area contributed by atoms with Gasteiger partial charge < -0.3 is 0 Å². The molecule has 0 aliphatic heterocycles. The molecule has 0 heterocycles. The molecule has 1 aromatic rings. The van der Waals surface area contributed by atoms with Gasteiger partial charge >= 0.3 is 0 Å². The van der Waals surface area contributed by atoms with Gasteiger partial charge in [-0.05, 0) is 31.4 Å². The van der Waals surface area contributed by atoms with Crippen molar-refractivity contribution in [2.75, 3.05) is 0 Å². The van der Waals surface area contributed by atoms with Crippen molar-refractivity contribution in [2.45, 2.75) is 40.0 Å². The van der Waals surface area contributed by atoms with E-state index < -0.39 is 0 Å². The fraction of sp³-hybridized carbons (Fsp3) is 0.500. The number of carbonyl (C=O) groups is 1. The van der Waals surface area contributed by atoms with Crippen LogP contribution in [0.5, 0.6) is 0 Å². The first-order chi connectivity index (χ1) is 7.07. The molecule has 80 valence electrons. The highest BCUT2D eigenvalue weighted by Gasteiger charge is 2.40. The lowest BCUT2D eigenvalue weighted by Gasteiger charge is -2.20. The summed E-state index contributed by atoms with van der Waals surface area (Å²) in [7, 11) is 0. The van der Waals surface area contributed by atoms with Crippen LogP contribution in [-0.2, 0) is 6.42 Å². The number of carbonyl (C=O) groups excluding carboxylic acids is 1. The van der Waals surface area contributed by atoms with E-state index in [1.807, 2.05) is 13.0 Å². The number of hydrogen-bond donors (Lipinski definition) is 0. The Morgan fingerprint density at radius 1 is 1.40 bits per heavy atom. The van der Waals surface area contributed by atoms with E-state index in [2.05, 4.69) is 26.0 Å². The van der Waals surface area contributed by atoms with Crippen molar-refractivity contribution in [1.29, 1.82) is 0 Å². The molecule has 2 rings (SSSR count). The topological polar surface area (TPSA) is 17.1 Å². The zero-order valence-electron chi connectivity index (χ0n) is 9.76. The molecule has 0 radical (unpaired) electrons. The van der Waals surface area contributed by atoms with Crippen LogP contribution in [0.1, 0.15) is 48.2 Å². The van der Waals surface area contributed by atoms with Gasteiger partial charge in [-0.3, -0.25) is 4.79 Å². The van der Waals surface area contributed by atoms with Crippen LogP contribution < -0.4 is 0 Å². The SMILES string of the molecule is CCCC1(C)Cc2ccc(C)cc2C1=O. The van der Waals surface area contributed by atoms with Crippen LogP contribution in [0.3, 0.4) is 0 Å². The molecule has 0 amide bonds. The average molecular weight is 202 g/mol. The monoisotopic (exact) mass is 202 g/mol. The highest BCUT2D eigenvalue weighted by Crippen LogP contribution is 2.40. The Labute approximate surface area is 91.5 Å². The molecular weight excluding hydrogens is 184 g/mol. The van der Waals surface area contributed by atoms with Gasteiger partial charge in [-0.1, -0.05) is 38.0 Å². The Balaban J connectivity index is 2.41. The third-order valence-corrected chi connectivity index (χ3v) is 3.44. The van der Waals surface area contributed by atoms with Crippen LogP contribution >= 0.6 is 0 Å². The predicted molar refractivity (Wildman–Crippen MR) is 62.2 cm³/mol. The van der Waals surface area contributed by atoms with Gasteiger partial charge in [0.1, 0.15) is 0 Å². The van der Waals surface area contributed by atoms with Crippen LogP contribution in [0.4, 0.5) is 0 Å². The molecule has 0 fully saturated rings. The van der Waals surface area contributed by atoms with Crippen molar-refractivity contribution in [1.82, 2.24) is 0 Å². The Kier molecular flexibility index (Phi) is 2.41. The smallest absolute Gasteiger partial charge is 0.169 e. The molecule has 0 saturated heterocycles. The second kappa shape index (κ2) is 3.48. The number of fused-ring (bicyclic) bond motifs is 1. The minimum absolute atomic E-state index is 0.134. The molecule has 1 heteroatoms. The third-order valence-electron chi connectivity index (χ3n) is 3.44. The number of ketones is 1. The van der Waals surface area contributed by atoms with E-state index in [9.17, 15) is 4.79 Å². The van der Waals surface area contributed by atoms with Crippen molar-refractivity contribution in [2.24, 2.45) is 5.41 Å². The van der Waals surface area contributed by atoms with Crippen molar-refractivity contribution in [3.05, 3.63) is 34.9 Å². The summed E-state index contributed by atoms with van der Waals surface area (Å²) in [6.45, 7) is 6.30. The number of Topliss-reactive ketones (excluding diaryl/α,β-unsaturated/α-hetero) is 1. The van der Waals surface area contributed by atoms with Gasteiger partial charge in [-0.25, -0.2) is 0 Å². The predicted octanol–water partition coefficient (Wildman–Crippen LogP) is 3.54. The van der Waals surface area contributed by atoms with E-state index >= 15 is 0 Å². The summed E-state index contributed by atoms with van der Waals surface area (Å²) >= 11 is 0. The van der Waals surface area contributed by atoms with E-state index in [1.54, 1.807) is 0 Å². The first-order valence-corrected chi connectivity index (χ1v) is 5.71. The van der Waals surface area contributed by atoms with Crippen LogP contribution in [0.2, 0.25) is 0 Å². The minimum atomic E-state index is -0.134. The van der Waals surface area contributed by atoms with Gasteiger partial charge in [0, 0.05) is 11.0 Å². The van der Waals surface area contributed by atoms with E-state index in [0.29, 0.717) is 5.78 Å². The fourth-order valence-electron chi connectivity index (χ4n) is 2.64. The number of aryl methyl sites for hydroxylation is 1. The maximum Gasteiger partial charge on any atom is 0.169 e. The Morgan fingerprint density at radius 3 is 2.80 bits per heavy atom. The van der Waals surface area contributed by atoms with Crippen LogP contribution in [-0.4, -0.2) is 5.78 Å².